The number of alkyl halides is 1. The zero-order valence-electron chi connectivity index (χ0n) is 10.9. The van der Waals surface area contributed by atoms with Gasteiger partial charge in [-0.25, -0.2) is 13.2 Å². The van der Waals surface area contributed by atoms with Gasteiger partial charge in [-0.15, -0.1) is 11.6 Å². The van der Waals surface area contributed by atoms with Gasteiger partial charge in [0, 0.05) is 11.6 Å². The van der Waals surface area contributed by atoms with E-state index in [9.17, 15) is 13.2 Å². The van der Waals surface area contributed by atoms with E-state index >= 15 is 0 Å². The molecule has 0 saturated heterocycles. The van der Waals surface area contributed by atoms with Crippen molar-refractivity contribution in [2.45, 2.75) is 12.3 Å². The maximum absolute atomic E-state index is 13.8. The lowest BCUT2D eigenvalue weighted by Gasteiger charge is -2.14. The molecule has 0 aromatic heterocycles. The Morgan fingerprint density at radius 2 is 1.70 bits per heavy atom. The van der Waals surface area contributed by atoms with Gasteiger partial charge in [-0.2, -0.15) is 0 Å². The normalized spacial score (nSPS) is 12.3. The predicted octanol–water partition coefficient (Wildman–Crippen LogP) is 4.75. The van der Waals surface area contributed by atoms with Crippen LogP contribution < -0.4 is 4.74 Å². The molecule has 0 bridgehead atoms. The molecule has 0 aliphatic heterocycles. The van der Waals surface area contributed by atoms with Gasteiger partial charge in [0.25, 0.3) is 0 Å². The first-order valence-electron chi connectivity index (χ1n) is 5.87. The summed E-state index contributed by atoms with van der Waals surface area (Å²) in [4.78, 5) is 0. The second kappa shape index (κ2) is 5.75. The number of ether oxygens (including phenoxy) is 1. The summed E-state index contributed by atoms with van der Waals surface area (Å²) in [6.45, 7) is 1.52. The Bertz CT molecular complexity index is 643. The summed E-state index contributed by atoms with van der Waals surface area (Å²) in [6.07, 6.45) is 0. The number of hydrogen-bond acceptors (Lipinski definition) is 1. The third kappa shape index (κ3) is 2.75. The predicted molar refractivity (Wildman–Crippen MR) is 71.7 cm³/mol. The Hall–Kier alpha value is -1.68. The van der Waals surface area contributed by atoms with E-state index in [0.29, 0.717) is 11.1 Å². The standard InChI is InChI=1S/C15H12ClF3O/c1-8-5-10(13(19)7-12(8)18)15(16)9-3-4-11(17)14(6-9)20-2/h3-7,15H,1-2H3. The van der Waals surface area contributed by atoms with Crippen LogP contribution in [-0.2, 0) is 0 Å². The molecular formula is C15H12ClF3O. The molecule has 0 aliphatic rings. The topological polar surface area (TPSA) is 9.23 Å². The van der Waals surface area contributed by atoms with E-state index in [-0.39, 0.29) is 11.3 Å². The molecule has 20 heavy (non-hydrogen) atoms. The molecule has 106 valence electrons. The molecule has 0 radical (unpaired) electrons. The van der Waals surface area contributed by atoms with Crippen LogP contribution in [0.2, 0.25) is 0 Å². The minimum Gasteiger partial charge on any atom is -0.494 e. The van der Waals surface area contributed by atoms with Crippen molar-refractivity contribution in [1.29, 1.82) is 0 Å². The molecule has 0 fully saturated rings. The first kappa shape index (κ1) is 14.7. The molecule has 1 atom stereocenters. The van der Waals surface area contributed by atoms with Crippen LogP contribution >= 0.6 is 11.6 Å². The second-order valence-electron chi connectivity index (χ2n) is 4.38. The lowest BCUT2D eigenvalue weighted by molar-refractivity contribution is 0.386. The van der Waals surface area contributed by atoms with E-state index in [0.717, 1.165) is 6.07 Å². The van der Waals surface area contributed by atoms with Crippen LogP contribution in [0.4, 0.5) is 13.2 Å². The van der Waals surface area contributed by atoms with Gasteiger partial charge in [-0.1, -0.05) is 6.07 Å². The summed E-state index contributed by atoms with van der Waals surface area (Å²) >= 11 is 6.20. The van der Waals surface area contributed by atoms with Crippen molar-refractivity contribution in [2.24, 2.45) is 0 Å². The zero-order valence-corrected chi connectivity index (χ0v) is 11.6. The van der Waals surface area contributed by atoms with E-state index < -0.39 is 22.8 Å². The zero-order chi connectivity index (χ0) is 14.9. The maximum atomic E-state index is 13.8. The lowest BCUT2D eigenvalue weighted by atomic mass is 10.0. The fraction of sp³-hybridized carbons (Fsp3) is 0.200. The number of rotatable bonds is 3. The summed E-state index contributed by atoms with van der Waals surface area (Å²) in [6, 6.07) is 6.16. The molecular weight excluding hydrogens is 289 g/mol. The van der Waals surface area contributed by atoms with Gasteiger partial charge < -0.3 is 4.74 Å². The van der Waals surface area contributed by atoms with Crippen molar-refractivity contribution in [1.82, 2.24) is 0 Å². The molecule has 1 unspecified atom stereocenters. The van der Waals surface area contributed by atoms with Crippen molar-refractivity contribution in [3.63, 3.8) is 0 Å². The van der Waals surface area contributed by atoms with Gasteiger partial charge in [0.2, 0.25) is 0 Å². The van der Waals surface area contributed by atoms with Crippen LogP contribution in [-0.4, -0.2) is 7.11 Å². The molecule has 2 aromatic carbocycles. The SMILES string of the molecule is COc1cc(C(Cl)c2cc(C)c(F)cc2F)ccc1F. The van der Waals surface area contributed by atoms with Crippen molar-refractivity contribution in [3.8, 4) is 5.75 Å². The van der Waals surface area contributed by atoms with Gasteiger partial charge in [0.1, 0.15) is 11.6 Å². The highest BCUT2D eigenvalue weighted by Crippen LogP contribution is 2.34. The Morgan fingerprint density at radius 3 is 2.35 bits per heavy atom. The molecule has 2 aromatic rings. The fourth-order valence-electron chi connectivity index (χ4n) is 1.89. The third-order valence-electron chi connectivity index (χ3n) is 3.02. The molecule has 0 saturated carbocycles. The number of aryl methyl sites for hydroxylation is 1. The van der Waals surface area contributed by atoms with Crippen LogP contribution in [0.5, 0.6) is 5.75 Å². The average Bonchev–Trinajstić information content (AvgIpc) is 2.42. The molecule has 2 rings (SSSR count). The van der Waals surface area contributed by atoms with Gasteiger partial charge >= 0.3 is 0 Å². The molecule has 5 heteroatoms. The molecule has 0 amide bonds. The second-order valence-corrected chi connectivity index (χ2v) is 4.82. The van der Waals surface area contributed by atoms with Crippen LogP contribution in [0.25, 0.3) is 0 Å². The largest absolute Gasteiger partial charge is 0.494 e. The maximum Gasteiger partial charge on any atom is 0.165 e. The number of methoxy groups -OCH3 is 1. The highest BCUT2D eigenvalue weighted by atomic mass is 35.5. The Balaban J connectivity index is 2.46. The van der Waals surface area contributed by atoms with E-state index in [2.05, 4.69) is 0 Å². The van der Waals surface area contributed by atoms with Crippen LogP contribution in [0.1, 0.15) is 22.1 Å². The summed E-state index contributed by atoms with van der Waals surface area (Å²) in [5, 5.41) is -0.858. The molecule has 0 N–H and O–H groups in total. The minimum atomic E-state index is -0.858. The van der Waals surface area contributed by atoms with Crippen molar-refractivity contribution < 1.29 is 17.9 Å². The first-order chi connectivity index (χ1) is 9.43. The number of halogens is 4. The first-order valence-corrected chi connectivity index (χ1v) is 6.30. The lowest BCUT2D eigenvalue weighted by Crippen LogP contribution is -2.01. The Morgan fingerprint density at radius 1 is 1.00 bits per heavy atom. The van der Waals surface area contributed by atoms with Gasteiger partial charge in [-0.3, -0.25) is 0 Å². The Kier molecular flexibility index (Phi) is 4.23. The van der Waals surface area contributed by atoms with Crippen molar-refractivity contribution >= 4 is 11.6 Å². The quantitative estimate of drug-likeness (QED) is 0.743. The molecule has 0 spiro atoms. The molecule has 0 aliphatic carbocycles. The average molecular weight is 301 g/mol. The van der Waals surface area contributed by atoms with E-state index in [1.165, 1.54) is 38.3 Å². The number of benzene rings is 2. The fourth-order valence-corrected chi connectivity index (χ4v) is 2.19. The van der Waals surface area contributed by atoms with Gasteiger partial charge in [0.15, 0.2) is 11.6 Å². The summed E-state index contributed by atoms with van der Waals surface area (Å²) in [5.74, 6) is -1.88. The monoisotopic (exact) mass is 300 g/mol. The van der Waals surface area contributed by atoms with Crippen molar-refractivity contribution in [3.05, 3.63) is 64.5 Å². The van der Waals surface area contributed by atoms with Crippen LogP contribution in [0, 0.1) is 24.4 Å². The summed E-state index contributed by atoms with van der Waals surface area (Å²) in [5.41, 5.74) is 0.898. The summed E-state index contributed by atoms with van der Waals surface area (Å²) < 4.78 is 45.2. The molecule has 1 nitrogen and oxygen atoms in total. The smallest absolute Gasteiger partial charge is 0.165 e. The van der Waals surface area contributed by atoms with Gasteiger partial charge in [0.05, 0.1) is 12.5 Å². The van der Waals surface area contributed by atoms with Crippen molar-refractivity contribution in [2.75, 3.05) is 7.11 Å². The number of hydrogen-bond donors (Lipinski definition) is 0. The Labute approximate surface area is 119 Å². The van der Waals surface area contributed by atoms with Gasteiger partial charge in [-0.05, 0) is 36.2 Å². The highest BCUT2D eigenvalue weighted by molar-refractivity contribution is 6.22. The van der Waals surface area contributed by atoms with E-state index in [1.54, 1.807) is 0 Å². The van der Waals surface area contributed by atoms with E-state index in [1.807, 2.05) is 0 Å². The van der Waals surface area contributed by atoms with Crippen LogP contribution in [0.15, 0.2) is 30.3 Å². The third-order valence-corrected chi connectivity index (χ3v) is 3.51. The van der Waals surface area contributed by atoms with Crippen LogP contribution in [0.3, 0.4) is 0 Å². The van der Waals surface area contributed by atoms with E-state index in [4.69, 9.17) is 16.3 Å². The molecule has 0 heterocycles. The highest BCUT2D eigenvalue weighted by Gasteiger charge is 2.18. The summed E-state index contributed by atoms with van der Waals surface area (Å²) in [7, 11) is 1.33. The minimum absolute atomic E-state index is 0.0207.